The Hall–Kier alpha value is -1.26. The summed E-state index contributed by atoms with van der Waals surface area (Å²) >= 11 is 1.37. The van der Waals surface area contributed by atoms with Crippen LogP contribution in [0.15, 0.2) is 35.7 Å². The van der Waals surface area contributed by atoms with Crippen molar-refractivity contribution in [3.8, 4) is 0 Å². The molecular formula is C12H13N3S. The average molecular weight is 231 g/mol. The SMILES string of the molecule is NC(c1csnn1)C1CC1c1ccccc1. The van der Waals surface area contributed by atoms with Gasteiger partial charge in [-0.3, -0.25) is 0 Å². The highest BCUT2D eigenvalue weighted by molar-refractivity contribution is 7.03. The van der Waals surface area contributed by atoms with Gasteiger partial charge in [0.1, 0.15) is 0 Å². The van der Waals surface area contributed by atoms with Crippen LogP contribution in [0.25, 0.3) is 0 Å². The first-order chi connectivity index (χ1) is 7.86. The van der Waals surface area contributed by atoms with Crippen LogP contribution in [0.1, 0.15) is 29.6 Å². The van der Waals surface area contributed by atoms with Crippen LogP contribution in [0.5, 0.6) is 0 Å². The second-order valence-electron chi connectivity index (χ2n) is 4.27. The van der Waals surface area contributed by atoms with E-state index in [0.29, 0.717) is 11.8 Å². The predicted octanol–water partition coefficient (Wildman–Crippen LogP) is 2.34. The second-order valence-corrected chi connectivity index (χ2v) is 4.88. The van der Waals surface area contributed by atoms with E-state index < -0.39 is 0 Å². The topological polar surface area (TPSA) is 51.8 Å². The molecule has 82 valence electrons. The van der Waals surface area contributed by atoms with Gasteiger partial charge in [0.2, 0.25) is 0 Å². The standard InChI is InChI=1S/C12H13N3S/c13-12(11-7-16-15-14-11)10-6-9(10)8-4-2-1-3-5-8/h1-5,7,9-10,12H,6,13H2. The Kier molecular flexibility index (Phi) is 2.46. The van der Waals surface area contributed by atoms with Gasteiger partial charge >= 0.3 is 0 Å². The molecule has 2 N–H and O–H groups in total. The molecule has 0 amide bonds. The number of hydrogen-bond donors (Lipinski definition) is 1. The molecule has 2 aromatic rings. The summed E-state index contributed by atoms with van der Waals surface area (Å²) in [4.78, 5) is 0. The molecule has 1 fully saturated rings. The first-order valence-electron chi connectivity index (χ1n) is 5.44. The lowest BCUT2D eigenvalue weighted by atomic mass is 10.0. The zero-order chi connectivity index (χ0) is 11.0. The molecule has 1 heterocycles. The van der Waals surface area contributed by atoms with Gasteiger partial charge in [0.15, 0.2) is 0 Å². The Labute approximate surface area is 98.5 Å². The van der Waals surface area contributed by atoms with Crippen molar-refractivity contribution in [2.75, 3.05) is 0 Å². The molecule has 0 bridgehead atoms. The average Bonchev–Trinajstić information content (AvgIpc) is 2.95. The molecule has 3 nitrogen and oxygen atoms in total. The molecule has 0 aliphatic heterocycles. The third kappa shape index (κ3) is 1.74. The minimum Gasteiger partial charge on any atom is -0.322 e. The maximum absolute atomic E-state index is 6.18. The maximum Gasteiger partial charge on any atom is 0.0925 e. The van der Waals surface area contributed by atoms with Gasteiger partial charge in [-0.15, -0.1) is 5.10 Å². The Morgan fingerprint density at radius 1 is 1.31 bits per heavy atom. The van der Waals surface area contributed by atoms with Crippen molar-refractivity contribution in [2.24, 2.45) is 11.7 Å². The highest BCUT2D eigenvalue weighted by atomic mass is 32.1. The molecule has 0 spiro atoms. The van der Waals surface area contributed by atoms with Crippen molar-refractivity contribution in [1.29, 1.82) is 0 Å². The van der Waals surface area contributed by atoms with E-state index in [0.717, 1.165) is 5.69 Å². The van der Waals surface area contributed by atoms with Gasteiger partial charge in [0.05, 0.1) is 11.7 Å². The highest BCUT2D eigenvalue weighted by Crippen LogP contribution is 2.52. The molecule has 3 unspecified atom stereocenters. The number of nitrogens with two attached hydrogens (primary N) is 1. The molecule has 1 aliphatic carbocycles. The summed E-state index contributed by atoms with van der Waals surface area (Å²) in [6.07, 6.45) is 1.17. The van der Waals surface area contributed by atoms with Crippen LogP contribution in [0, 0.1) is 5.92 Å². The van der Waals surface area contributed by atoms with E-state index in [-0.39, 0.29) is 6.04 Å². The lowest BCUT2D eigenvalue weighted by Gasteiger charge is -2.07. The maximum atomic E-state index is 6.18. The van der Waals surface area contributed by atoms with Crippen LogP contribution < -0.4 is 5.73 Å². The van der Waals surface area contributed by atoms with E-state index in [1.807, 2.05) is 11.4 Å². The van der Waals surface area contributed by atoms with Gasteiger partial charge in [-0.2, -0.15) is 0 Å². The summed E-state index contributed by atoms with van der Waals surface area (Å²) in [5.41, 5.74) is 8.51. The minimum absolute atomic E-state index is 0.0453. The number of rotatable bonds is 3. The third-order valence-corrected chi connectivity index (χ3v) is 3.77. The van der Waals surface area contributed by atoms with Crippen molar-refractivity contribution in [1.82, 2.24) is 9.59 Å². The zero-order valence-electron chi connectivity index (χ0n) is 8.78. The van der Waals surface area contributed by atoms with Crippen LogP contribution >= 0.6 is 11.5 Å². The molecule has 1 saturated carbocycles. The largest absolute Gasteiger partial charge is 0.322 e. The van der Waals surface area contributed by atoms with Crippen molar-refractivity contribution < 1.29 is 0 Å². The quantitative estimate of drug-likeness (QED) is 0.882. The first kappa shape index (κ1) is 9.93. The van der Waals surface area contributed by atoms with E-state index in [1.165, 1.54) is 23.5 Å². The van der Waals surface area contributed by atoms with Gasteiger partial charge in [0.25, 0.3) is 0 Å². The highest BCUT2D eigenvalue weighted by Gasteiger charge is 2.43. The van der Waals surface area contributed by atoms with Crippen molar-refractivity contribution in [2.45, 2.75) is 18.4 Å². The van der Waals surface area contributed by atoms with Crippen LogP contribution in [0.2, 0.25) is 0 Å². The minimum atomic E-state index is 0.0453. The van der Waals surface area contributed by atoms with Crippen LogP contribution in [0.3, 0.4) is 0 Å². The molecule has 1 aromatic heterocycles. The van der Waals surface area contributed by atoms with Gasteiger partial charge in [-0.25, -0.2) is 0 Å². The van der Waals surface area contributed by atoms with E-state index in [9.17, 15) is 0 Å². The number of nitrogens with zero attached hydrogens (tertiary/aromatic N) is 2. The Balaban J connectivity index is 1.73. The van der Waals surface area contributed by atoms with Crippen molar-refractivity contribution in [3.05, 3.63) is 47.0 Å². The summed E-state index contributed by atoms with van der Waals surface area (Å²) in [5.74, 6) is 1.14. The molecular weight excluding hydrogens is 218 g/mol. The lowest BCUT2D eigenvalue weighted by molar-refractivity contribution is 0.597. The lowest BCUT2D eigenvalue weighted by Crippen LogP contribution is -2.13. The molecule has 4 heteroatoms. The van der Waals surface area contributed by atoms with Crippen LogP contribution in [-0.2, 0) is 0 Å². The van der Waals surface area contributed by atoms with Gasteiger partial charge in [-0.1, -0.05) is 34.8 Å². The van der Waals surface area contributed by atoms with E-state index >= 15 is 0 Å². The molecule has 16 heavy (non-hydrogen) atoms. The predicted molar refractivity (Wildman–Crippen MR) is 64.1 cm³/mol. The molecule has 1 aromatic carbocycles. The van der Waals surface area contributed by atoms with E-state index in [4.69, 9.17) is 5.73 Å². The van der Waals surface area contributed by atoms with Gasteiger partial charge in [0, 0.05) is 5.38 Å². The Morgan fingerprint density at radius 2 is 2.12 bits per heavy atom. The van der Waals surface area contributed by atoms with Gasteiger partial charge < -0.3 is 5.73 Å². The normalized spacial score (nSPS) is 25.3. The van der Waals surface area contributed by atoms with Crippen LogP contribution in [0.4, 0.5) is 0 Å². The van der Waals surface area contributed by atoms with E-state index in [1.54, 1.807) is 0 Å². The molecule has 0 radical (unpaired) electrons. The van der Waals surface area contributed by atoms with Gasteiger partial charge in [-0.05, 0) is 35.4 Å². The smallest absolute Gasteiger partial charge is 0.0925 e. The summed E-state index contributed by atoms with van der Waals surface area (Å²) in [6, 6.07) is 10.6. The fourth-order valence-electron chi connectivity index (χ4n) is 2.23. The monoisotopic (exact) mass is 231 g/mol. The Morgan fingerprint density at radius 3 is 2.81 bits per heavy atom. The fraction of sp³-hybridized carbons (Fsp3) is 0.333. The molecule has 0 saturated heterocycles. The fourth-order valence-corrected chi connectivity index (χ4v) is 2.73. The summed E-state index contributed by atoms with van der Waals surface area (Å²) in [6.45, 7) is 0. The second kappa shape index (κ2) is 3.96. The first-order valence-corrected chi connectivity index (χ1v) is 6.27. The number of aromatic nitrogens is 2. The summed E-state index contributed by atoms with van der Waals surface area (Å²) < 4.78 is 3.86. The van der Waals surface area contributed by atoms with E-state index in [2.05, 4.69) is 33.9 Å². The number of benzene rings is 1. The van der Waals surface area contributed by atoms with Crippen molar-refractivity contribution in [3.63, 3.8) is 0 Å². The zero-order valence-corrected chi connectivity index (χ0v) is 9.60. The summed E-state index contributed by atoms with van der Waals surface area (Å²) in [7, 11) is 0. The van der Waals surface area contributed by atoms with Crippen LogP contribution in [-0.4, -0.2) is 9.59 Å². The molecule has 3 rings (SSSR count). The number of hydrogen-bond acceptors (Lipinski definition) is 4. The molecule has 3 atom stereocenters. The van der Waals surface area contributed by atoms with Crippen molar-refractivity contribution >= 4 is 11.5 Å². The summed E-state index contributed by atoms with van der Waals surface area (Å²) in [5, 5.41) is 6.00. The molecule has 1 aliphatic rings. The third-order valence-electron chi connectivity index (χ3n) is 3.25. The Bertz CT molecular complexity index is 454.